The van der Waals surface area contributed by atoms with Crippen LogP contribution in [0.2, 0.25) is 0 Å². The molecule has 2 unspecified atom stereocenters. The highest BCUT2D eigenvalue weighted by Gasteiger charge is 2.24. The number of ether oxygens (including phenoxy) is 1. The van der Waals surface area contributed by atoms with Crippen molar-refractivity contribution < 1.29 is 14.6 Å². The Morgan fingerprint density at radius 3 is 2.52 bits per heavy atom. The van der Waals surface area contributed by atoms with Crippen LogP contribution in [0.3, 0.4) is 0 Å². The smallest absolute Gasteiger partial charge is 0.310 e. The second-order valence-electron chi connectivity index (χ2n) is 7.10. The van der Waals surface area contributed by atoms with Crippen LogP contribution in [0.5, 0.6) is 0 Å². The minimum absolute atomic E-state index is 0.288. The Morgan fingerprint density at radius 2 is 1.88 bits per heavy atom. The zero-order valence-corrected chi connectivity index (χ0v) is 15.5. The van der Waals surface area contributed by atoms with E-state index in [-0.39, 0.29) is 6.10 Å². The fourth-order valence-corrected chi connectivity index (χ4v) is 3.03. The minimum atomic E-state index is -0.753. The van der Waals surface area contributed by atoms with E-state index in [1.54, 1.807) is 0 Å². The maximum absolute atomic E-state index is 11.3. The molecule has 0 spiro atoms. The molecule has 1 heterocycles. The van der Waals surface area contributed by atoms with Gasteiger partial charge in [-0.2, -0.15) is 0 Å². The molecule has 1 aliphatic heterocycles. The first-order valence-corrected chi connectivity index (χ1v) is 9.80. The molecule has 1 aliphatic rings. The lowest BCUT2D eigenvalue weighted by atomic mass is 9.99. The number of epoxide rings is 1. The summed E-state index contributed by atoms with van der Waals surface area (Å²) < 4.78 is 5.16. The van der Waals surface area contributed by atoms with Crippen LogP contribution in [0, 0.1) is 5.92 Å². The van der Waals surface area contributed by atoms with Gasteiger partial charge in [-0.05, 0) is 36.8 Å². The van der Waals surface area contributed by atoms with Gasteiger partial charge in [-0.15, -0.1) is 0 Å². The number of carboxylic acids is 1. The summed E-state index contributed by atoms with van der Waals surface area (Å²) in [7, 11) is 0. The maximum atomic E-state index is 11.3. The number of carboxylic acid groups (broad SMARTS) is 1. The molecular formula is C22H32O3. The second-order valence-corrected chi connectivity index (χ2v) is 7.10. The summed E-state index contributed by atoms with van der Waals surface area (Å²) in [6, 6.07) is 8.51. The number of benzene rings is 1. The van der Waals surface area contributed by atoms with Crippen molar-refractivity contribution in [2.45, 2.75) is 70.8 Å². The van der Waals surface area contributed by atoms with E-state index in [4.69, 9.17) is 4.74 Å². The Balaban J connectivity index is 1.73. The van der Waals surface area contributed by atoms with Gasteiger partial charge in [-0.25, -0.2) is 0 Å². The van der Waals surface area contributed by atoms with E-state index in [0.717, 1.165) is 25.0 Å². The topological polar surface area (TPSA) is 49.8 Å². The molecule has 1 N–H and O–H groups in total. The van der Waals surface area contributed by atoms with E-state index in [1.807, 2.05) is 12.2 Å². The largest absolute Gasteiger partial charge is 0.481 e. The summed E-state index contributed by atoms with van der Waals surface area (Å²) in [6.07, 6.45) is 14.6. The molecule has 1 fully saturated rings. The van der Waals surface area contributed by atoms with Gasteiger partial charge in [-0.3, -0.25) is 4.79 Å². The maximum Gasteiger partial charge on any atom is 0.310 e. The van der Waals surface area contributed by atoms with Crippen LogP contribution in [0.4, 0.5) is 0 Å². The van der Waals surface area contributed by atoms with E-state index in [9.17, 15) is 9.90 Å². The van der Waals surface area contributed by atoms with Crippen LogP contribution in [-0.4, -0.2) is 23.8 Å². The normalized spacial score (nSPS) is 17.7. The average molecular weight is 344 g/mol. The van der Waals surface area contributed by atoms with Gasteiger partial charge in [0, 0.05) is 0 Å². The van der Waals surface area contributed by atoms with Gasteiger partial charge in [0.15, 0.2) is 0 Å². The lowest BCUT2D eigenvalue weighted by molar-refractivity contribution is -0.140. The summed E-state index contributed by atoms with van der Waals surface area (Å²) in [6.45, 7) is 3.03. The number of hydrogen-bond acceptors (Lipinski definition) is 2. The summed E-state index contributed by atoms with van der Waals surface area (Å²) in [5.74, 6) is -1.18. The molecule has 3 heteroatoms. The van der Waals surface area contributed by atoms with Gasteiger partial charge in [0.05, 0.1) is 18.6 Å². The van der Waals surface area contributed by atoms with Crippen molar-refractivity contribution in [1.82, 2.24) is 0 Å². The molecule has 25 heavy (non-hydrogen) atoms. The van der Waals surface area contributed by atoms with E-state index < -0.39 is 11.9 Å². The van der Waals surface area contributed by atoms with Crippen LogP contribution in [-0.2, 0) is 16.0 Å². The molecule has 1 aromatic carbocycles. The number of unbranched alkanes of at least 4 members (excludes halogenated alkanes) is 5. The molecule has 3 nitrogen and oxygen atoms in total. The van der Waals surface area contributed by atoms with Crippen LogP contribution in [0.1, 0.15) is 69.4 Å². The zero-order chi connectivity index (χ0) is 17.9. The molecule has 2 atom stereocenters. The molecule has 1 saturated heterocycles. The van der Waals surface area contributed by atoms with Crippen molar-refractivity contribution >= 4 is 12.0 Å². The van der Waals surface area contributed by atoms with Gasteiger partial charge < -0.3 is 9.84 Å². The molecule has 0 amide bonds. The van der Waals surface area contributed by atoms with E-state index in [2.05, 4.69) is 31.2 Å². The standard InChI is InChI=1S/C22H32O3/c1-2-3-4-5-6-7-8-18-9-11-19(12-10-18)13-14-20(22(23)24)15-16-21-17-25-21/h9-14,20-21H,2-8,15-17H2,1H3,(H,23,24)/b14-13+. The Morgan fingerprint density at radius 1 is 1.20 bits per heavy atom. The highest BCUT2D eigenvalue weighted by atomic mass is 16.6. The van der Waals surface area contributed by atoms with Crippen molar-refractivity contribution in [1.29, 1.82) is 0 Å². The van der Waals surface area contributed by atoms with Crippen LogP contribution in [0.15, 0.2) is 30.3 Å². The zero-order valence-electron chi connectivity index (χ0n) is 15.5. The first-order valence-electron chi connectivity index (χ1n) is 9.80. The SMILES string of the molecule is CCCCCCCCc1ccc(/C=C/C(CCC2CO2)C(=O)O)cc1. The van der Waals surface area contributed by atoms with Gasteiger partial charge in [-0.1, -0.05) is 75.4 Å². The fourth-order valence-electron chi connectivity index (χ4n) is 3.03. The first kappa shape index (κ1) is 19.7. The van der Waals surface area contributed by atoms with Gasteiger partial charge in [0.25, 0.3) is 0 Å². The minimum Gasteiger partial charge on any atom is -0.481 e. The van der Waals surface area contributed by atoms with E-state index in [0.29, 0.717) is 6.42 Å². The van der Waals surface area contributed by atoms with Crippen LogP contribution in [0.25, 0.3) is 6.08 Å². The molecule has 0 saturated carbocycles. The quantitative estimate of drug-likeness (QED) is 0.380. The lowest BCUT2D eigenvalue weighted by Crippen LogP contribution is -2.11. The van der Waals surface area contributed by atoms with Crippen molar-refractivity contribution in [2.24, 2.45) is 5.92 Å². The predicted molar refractivity (Wildman–Crippen MR) is 103 cm³/mol. The number of aryl methyl sites for hydroxylation is 1. The lowest BCUT2D eigenvalue weighted by Gasteiger charge is -2.06. The van der Waals surface area contributed by atoms with Crippen molar-refractivity contribution in [3.8, 4) is 0 Å². The highest BCUT2D eigenvalue weighted by Crippen LogP contribution is 2.21. The Bertz CT molecular complexity index is 529. The Hall–Kier alpha value is -1.61. The number of aliphatic carboxylic acids is 1. The number of rotatable bonds is 13. The fraction of sp³-hybridized carbons (Fsp3) is 0.591. The monoisotopic (exact) mass is 344 g/mol. The molecule has 1 aromatic rings. The molecule has 0 radical (unpaired) electrons. The molecule has 0 bridgehead atoms. The Kier molecular flexibility index (Phi) is 8.75. The van der Waals surface area contributed by atoms with Crippen molar-refractivity contribution in [3.05, 3.63) is 41.5 Å². The predicted octanol–water partition coefficient (Wildman–Crippen LogP) is 5.48. The van der Waals surface area contributed by atoms with E-state index in [1.165, 1.54) is 44.1 Å². The third-order valence-corrected chi connectivity index (χ3v) is 4.84. The molecular weight excluding hydrogens is 312 g/mol. The summed E-state index contributed by atoms with van der Waals surface area (Å²) in [5.41, 5.74) is 2.44. The number of hydrogen-bond donors (Lipinski definition) is 1. The highest BCUT2D eigenvalue weighted by molar-refractivity contribution is 5.73. The van der Waals surface area contributed by atoms with Gasteiger partial charge in [0.2, 0.25) is 0 Å². The van der Waals surface area contributed by atoms with Gasteiger partial charge in [0.1, 0.15) is 0 Å². The molecule has 0 aromatic heterocycles. The summed E-state index contributed by atoms with van der Waals surface area (Å²) in [4.78, 5) is 11.3. The van der Waals surface area contributed by atoms with Crippen LogP contribution < -0.4 is 0 Å². The molecule has 2 rings (SSSR count). The van der Waals surface area contributed by atoms with Crippen LogP contribution >= 0.6 is 0 Å². The third-order valence-electron chi connectivity index (χ3n) is 4.84. The summed E-state index contributed by atoms with van der Waals surface area (Å²) >= 11 is 0. The third kappa shape index (κ3) is 8.35. The van der Waals surface area contributed by atoms with E-state index >= 15 is 0 Å². The Labute approximate surface area is 152 Å². The number of carbonyl (C=O) groups is 1. The second kappa shape index (κ2) is 11.1. The van der Waals surface area contributed by atoms with Crippen molar-refractivity contribution in [3.63, 3.8) is 0 Å². The average Bonchev–Trinajstić information content (AvgIpc) is 3.43. The van der Waals surface area contributed by atoms with Crippen molar-refractivity contribution in [2.75, 3.05) is 6.61 Å². The summed E-state index contributed by atoms with van der Waals surface area (Å²) in [5, 5.41) is 9.31. The van der Waals surface area contributed by atoms with Gasteiger partial charge >= 0.3 is 5.97 Å². The first-order chi connectivity index (χ1) is 12.2. The molecule has 0 aliphatic carbocycles. The molecule has 138 valence electrons.